The van der Waals surface area contributed by atoms with E-state index in [9.17, 15) is 14.4 Å². The van der Waals surface area contributed by atoms with Gasteiger partial charge in [0.1, 0.15) is 12.4 Å². The van der Waals surface area contributed by atoms with Gasteiger partial charge in [0.15, 0.2) is 0 Å². The molecule has 1 N–H and O–H groups in total. The predicted molar refractivity (Wildman–Crippen MR) is 128 cm³/mol. The Balaban J connectivity index is 1.99. The van der Waals surface area contributed by atoms with E-state index < -0.39 is 0 Å². The molecule has 0 bridgehead atoms. The first-order chi connectivity index (χ1) is 16.2. The summed E-state index contributed by atoms with van der Waals surface area (Å²) in [7, 11) is 3.31. The van der Waals surface area contributed by atoms with Crippen molar-refractivity contribution in [2.45, 2.75) is 32.9 Å². The molecule has 34 heavy (non-hydrogen) atoms. The molecule has 3 rings (SSSR count). The molecule has 1 aromatic heterocycles. The molecule has 0 radical (unpaired) electrons. The SMILES string of the molecule is CO[C@@H]1CN(C)C(=O)c2cc(NC(C)=O)ccc2OC[C@H](C)N(C(=O)c2ccncc2)C[C@@H]1C. The molecule has 3 atom stereocenters. The van der Waals surface area contributed by atoms with Crippen molar-refractivity contribution in [3.05, 3.63) is 53.9 Å². The van der Waals surface area contributed by atoms with Crippen LogP contribution in [0.25, 0.3) is 0 Å². The Morgan fingerprint density at radius 1 is 1.15 bits per heavy atom. The molecule has 9 nitrogen and oxygen atoms in total. The van der Waals surface area contributed by atoms with Crippen LogP contribution >= 0.6 is 0 Å². The number of amides is 3. The van der Waals surface area contributed by atoms with Gasteiger partial charge in [-0.05, 0) is 37.3 Å². The summed E-state index contributed by atoms with van der Waals surface area (Å²) in [6.07, 6.45) is 2.89. The third-order valence-corrected chi connectivity index (χ3v) is 5.95. The van der Waals surface area contributed by atoms with Crippen molar-refractivity contribution < 1.29 is 23.9 Å². The molecular formula is C25H32N4O5. The van der Waals surface area contributed by atoms with E-state index in [4.69, 9.17) is 9.47 Å². The number of carbonyl (C=O) groups excluding carboxylic acids is 3. The number of ether oxygens (including phenoxy) is 2. The Morgan fingerprint density at radius 2 is 1.85 bits per heavy atom. The number of carbonyl (C=O) groups is 3. The van der Waals surface area contributed by atoms with Gasteiger partial charge in [0, 0.05) is 63.7 Å². The van der Waals surface area contributed by atoms with Crippen molar-refractivity contribution in [3.8, 4) is 5.75 Å². The van der Waals surface area contributed by atoms with Gasteiger partial charge in [-0.1, -0.05) is 6.92 Å². The fourth-order valence-electron chi connectivity index (χ4n) is 4.00. The summed E-state index contributed by atoms with van der Waals surface area (Å²) in [6, 6.07) is 8.05. The van der Waals surface area contributed by atoms with Crippen LogP contribution in [0.4, 0.5) is 5.69 Å². The molecule has 0 saturated heterocycles. The van der Waals surface area contributed by atoms with Gasteiger partial charge in [0.05, 0.1) is 17.7 Å². The van der Waals surface area contributed by atoms with Gasteiger partial charge in [-0.3, -0.25) is 19.4 Å². The largest absolute Gasteiger partial charge is 0.491 e. The summed E-state index contributed by atoms with van der Waals surface area (Å²) in [5.74, 6) is -0.269. The summed E-state index contributed by atoms with van der Waals surface area (Å²) < 4.78 is 11.8. The van der Waals surface area contributed by atoms with Crippen molar-refractivity contribution >= 4 is 23.4 Å². The number of pyridine rings is 1. The molecule has 1 aliphatic rings. The van der Waals surface area contributed by atoms with E-state index in [2.05, 4.69) is 10.3 Å². The van der Waals surface area contributed by atoms with Crippen LogP contribution in [0, 0.1) is 5.92 Å². The van der Waals surface area contributed by atoms with Gasteiger partial charge in [0.25, 0.3) is 11.8 Å². The molecule has 0 saturated carbocycles. The molecule has 0 spiro atoms. The van der Waals surface area contributed by atoms with E-state index in [1.807, 2.05) is 13.8 Å². The quantitative estimate of drug-likeness (QED) is 0.743. The predicted octanol–water partition coefficient (Wildman–Crippen LogP) is 2.69. The first-order valence-electron chi connectivity index (χ1n) is 11.2. The van der Waals surface area contributed by atoms with Gasteiger partial charge >= 0.3 is 0 Å². The number of fused-ring (bicyclic) bond motifs is 1. The van der Waals surface area contributed by atoms with Crippen molar-refractivity contribution in [3.63, 3.8) is 0 Å². The fraction of sp³-hybridized carbons (Fsp3) is 0.440. The molecule has 0 unspecified atom stereocenters. The summed E-state index contributed by atoms with van der Waals surface area (Å²) in [5.41, 5.74) is 1.38. The van der Waals surface area contributed by atoms with Crippen molar-refractivity contribution in [1.82, 2.24) is 14.8 Å². The third kappa shape index (κ3) is 5.91. The zero-order chi connectivity index (χ0) is 24.8. The minimum atomic E-state index is -0.295. The average Bonchev–Trinajstić information content (AvgIpc) is 2.83. The lowest BCUT2D eigenvalue weighted by Crippen LogP contribution is -2.48. The highest BCUT2D eigenvalue weighted by Gasteiger charge is 2.30. The molecule has 0 aliphatic carbocycles. The fourth-order valence-corrected chi connectivity index (χ4v) is 4.00. The van der Waals surface area contributed by atoms with Crippen molar-refractivity contribution in [2.75, 3.05) is 39.2 Å². The Bertz CT molecular complexity index is 1030. The molecular weight excluding hydrogens is 436 g/mol. The first-order valence-corrected chi connectivity index (χ1v) is 11.2. The van der Waals surface area contributed by atoms with Crippen LogP contribution in [-0.4, -0.2) is 78.5 Å². The first kappa shape index (κ1) is 25.2. The average molecular weight is 469 g/mol. The van der Waals surface area contributed by atoms with Crippen LogP contribution in [0.2, 0.25) is 0 Å². The topological polar surface area (TPSA) is 101 Å². The van der Waals surface area contributed by atoms with Crippen LogP contribution < -0.4 is 10.1 Å². The number of benzene rings is 1. The van der Waals surface area contributed by atoms with Crippen LogP contribution in [-0.2, 0) is 9.53 Å². The number of nitrogens with zero attached hydrogens (tertiary/aromatic N) is 3. The van der Waals surface area contributed by atoms with Crippen LogP contribution in [0.5, 0.6) is 5.75 Å². The Morgan fingerprint density at radius 3 is 2.50 bits per heavy atom. The Hall–Kier alpha value is -3.46. The maximum absolute atomic E-state index is 13.4. The minimum Gasteiger partial charge on any atom is -0.491 e. The molecule has 3 amide bonds. The number of anilines is 1. The molecule has 182 valence electrons. The van der Waals surface area contributed by atoms with E-state index in [0.717, 1.165) is 0 Å². The lowest BCUT2D eigenvalue weighted by Gasteiger charge is -2.36. The smallest absolute Gasteiger partial charge is 0.257 e. The van der Waals surface area contributed by atoms with Crippen molar-refractivity contribution in [2.24, 2.45) is 5.92 Å². The lowest BCUT2D eigenvalue weighted by atomic mass is 10.0. The van der Waals surface area contributed by atoms with E-state index in [1.54, 1.807) is 66.7 Å². The van der Waals surface area contributed by atoms with Gasteiger partial charge in [-0.25, -0.2) is 0 Å². The highest BCUT2D eigenvalue weighted by molar-refractivity contribution is 5.99. The molecule has 1 aliphatic heterocycles. The summed E-state index contributed by atoms with van der Waals surface area (Å²) >= 11 is 0. The number of hydrogen-bond donors (Lipinski definition) is 1. The van der Waals surface area contributed by atoms with E-state index >= 15 is 0 Å². The zero-order valence-electron chi connectivity index (χ0n) is 20.3. The number of likely N-dealkylation sites (N-methyl/N-ethyl adjacent to an activating group) is 1. The highest BCUT2D eigenvalue weighted by Crippen LogP contribution is 2.26. The maximum Gasteiger partial charge on any atom is 0.257 e. The summed E-state index contributed by atoms with van der Waals surface area (Å²) in [6.45, 7) is 6.27. The van der Waals surface area contributed by atoms with Crippen LogP contribution in [0.15, 0.2) is 42.7 Å². The summed E-state index contributed by atoms with van der Waals surface area (Å²) in [4.78, 5) is 45.6. The molecule has 0 fully saturated rings. The second-order valence-electron chi connectivity index (χ2n) is 8.68. The van der Waals surface area contributed by atoms with Gasteiger partial charge < -0.3 is 24.6 Å². The maximum atomic E-state index is 13.4. The second kappa shape index (κ2) is 11.1. The second-order valence-corrected chi connectivity index (χ2v) is 8.68. The van der Waals surface area contributed by atoms with E-state index in [1.165, 1.54) is 6.92 Å². The summed E-state index contributed by atoms with van der Waals surface area (Å²) in [5, 5.41) is 2.70. The van der Waals surface area contributed by atoms with Crippen LogP contribution in [0.1, 0.15) is 41.5 Å². The van der Waals surface area contributed by atoms with E-state index in [0.29, 0.717) is 35.7 Å². The number of aromatic nitrogens is 1. The highest BCUT2D eigenvalue weighted by atomic mass is 16.5. The molecule has 2 heterocycles. The van der Waals surface area contributed by atoms with Crippen LogP contribution in [0.3, 0.4) is 0 Å². The zero-order valence-corrected chi connectivity index (χ0v) is 20.3. The third-order valence-electron chi connectivity index (χ3n) is 5.95. The monoisotopic (exact) mass is 468 g/mol. The normalized spacial score (nSPS) is 21.6. The lowest BCUT2D eigenvalue weighted by molar-refractivity contribution is -0.114. The Labute approximate surface area is 200 Å². The minimum absolute atomic E-state index is 0.0573. The number of nitrogens with one attached hydrogen (secondary N) is 1. The van der Waals surface area contributed by atoms with Gasteiger partial charge in [-0.15, -0.1) is 0 Å². The van der Waals surface area contributed by atoms with Gasteiger partial charge in [-0.2, -0.15) is 0 Å². The van der Waals surface area contributed by atoms with E-state index in [-0.39, 0.29) is 42.4 Å². The van der Waals surface area contributed by atoms with Gasteiger partial charge in [0.2, 0.25) is 5.91 Å². The molecule has 9 heteroatoms. The standard InChI is InChI=1S/C25H32N4O5/c1-16-13-29(24(31)19-8-10-26-11-9-19)17(2)15-34-22-7-6-20(27-18(3)30)12-21(22)25(32)28(4)14-23(16)33-5/h6-12,16-17,23H,13-15H2,1-5H3,(H,27,30)/t16-,17-,23+/m0/s1. The molecule has 2 aromatic rings. The molecule has 1 aromatic carbocycles. The number of methoxy groups -OCH3 is 1. The number of rotatable bonds is 3. The Kier molecular flexibility index (Phi) is 8.22. The van der Waals surface area contributed by atoms with Crippen molar-refractivity contribution in [1.29, 1.82) is 0 Å². The number of hydrogen-bond acceptors (Lipinski definition) is 6.